The predicted octanol–water partition coefficient (Wildman–Crippen LogP) is 3.69. The quantitative estimate of drug-likeness (QED) is 0.779. The molecule has 4 nitrogen and oxygen atoms in total. The predicted molar refractivity (Wildman–Crippen MR) is 91.9 cm³/mol. The Balaban J connectivity index is 1.63. The number of aromatic nitrogens is 1. The maximum Gasteiger partial charge on any atom is 0.231 e. The van der Waals surface area contributed by atoms with Crippen LogP contribution in [0.25, 0.3) is 0 Å². The second kappa shape index (κ2) is 6.72. The number of nitrogens with one attached hydrogen (secondary N) is 1. The van der Waals surface area contributed by atoms with Crippen molar-refractivity contribution in [2.45, 2.75) is 12.6 Å². The lowest BCUT2D eigenvalue weighted by Gasteiger charge is -2.20. The van der Waals surface area contributed by atoms with Gasteiger partial charge in [0.15, 0.2) is 11.5 Å². The summed E-state index contributed by atoms with van der Waals surface area (Å²) >= 11 is 0. The van der Waals surface area contributed by atoms with Gasteiger partial charge in [0.25, 0.3) is 0 Å². The van der Waals surface area contributed by atoms with Crippen molar-refractivity contribution in [3.05, 3.63) is 89.7 Å². The van der Waals surface area contributed by atoms with Gasteiger partial charge >= 0.3 is 0 Å². The van der Waals surface area contributed by atoms with E-state index in [0.29, 0.717) is 0 Å². The molecule has 0 saturated carbocycles. The van der Waals surface area contributed by atoms with E-state index in [2.05, 4.69) is 52.8 Å². The molecule has 0 saturated heterocycles. The van der Waals surface area contributed by atoms with Gasteiger partial charge < -0.3 is 14.8 Å². The van der Waals surface area contributed by atoms with Crippen molar-refractivity contribution in [2.24, 2.45) is 0 Å². The minimum Gasteiger partial charge on any atom is -0.454 e. The monoisotopic (exact) mass is 318 g/mol. The van der Waals surface area contributed by atoms with Crippen molar-refractivity contribution < 1.29 is 9.47 Å². The van der Waals surface area contributed by atoms with Gasteiger partial charge in [-0.3, -0.25) is 4.98 Å². The first-order chi connectivity index (χ1) is 11.9. The second-order valence-corrected chi connectivity index (χ2v) is 5.70. The van der Waals surface area contributed by atoms with Crippen LogP contribution in [0.4, 0.5) is 0 Å². The summed E-state index contributed by atoms with van der Waals surface area (Å²) in [6.45, 7) is 1.03. The van der Waals surface area contributed by atoms with Crippen LogP contribution in [0.5, 0.6) is 11.5 Å². The van der Waals surface area contributed by atoms with Gasteiger partial charge in [0, 0.05) is 18.9 Å². The molecule has 1 aliphatic rings. The Morgan fingerprint density at radius 1 is 0.917 bits per heavy atom. The summed E-state index contributed by atoms with van der Waals surface area (Å²) in [5, 5.41) is 3.62. The molecule has 0 spiro atoms. The molecule has 1 aliphatic heterocycles. The molecule has 24 heavy (non-hydrogen) atoms. The van der Waals surface area contributed by atoms with Crippen LogP contribution in [-0.4, -0.2) is 11.8 Å². The Morgan fingerprint density at radius 2 is 1.79 bits per heavy atom. The highest BCUT2D eigenvalue weighted by molar-refractivity contribution is 5.47. The van der Waals surface area contributed by atoms with E-state index in [1.165, 1.54) is 5.56 Å². The fraction of sp³-hybridized carbons (Fsp3) is 0.150. The van der Waals surface area contributed by atoms with Crippen LogP contribution in [0.1, 0.15) is 22.7 Å². The van der Waals surface area contributed by atoms with Crippen LogP contribution in [0.2, 0.25) is 0 Å². The molecule has 2 aromatic carbocycles. The Labute approximate surface area is 141 Å². The third kappa shape index (κ3) is 3.09. The number of hydrogen-bond donors (Lipinski definition) is 1. The summed E-state index contributed by atoms with van der Waals surface area (Å²) in [6.07, 6.45) is 3.67. The molecule has 0 unspecified atom stereocenters. The molecule has 1 aromatic heterocycles. The van der Waals surface area contributed by atoms with Crippen molar-refractivity contribution in [3.63, 3.8) is 0 Å². The normalized spacial score (nSPS) is 13.7. The van der Waals surface area contributed by atoms with Gasteiger partial charge in [-0.1, -0.05) is 42.5 Å². The minimum absolute atomic E-state index is 0.0703. The number of hydrogen-bond acceptors (Lipinski definition) is 4. The van der Waals surface area contributed by atoms with Gasteiger partial charge in [0.05, 0.1) is 6.04 Å². The standard InChI is InChI=1S/C20H18N2O2/c1-2-6-16(7-3-1)20(22-13-15-5-4-10-21-12-15)17-8-9-18-19(11-17)24-14-23-18/h1-12,20,22H,13-14H2/t20-/m0/s1. The van der Waals surface area contributed by atoms with Crippen LogP contribution >= 0.6 is 0 Å². The summed E-state index contributed by atoms with van der Waals surface area (Å²) in [6, 6.07) is 20.6. The van der Waals surface area contributed by atoms with Gasteiger partial charge in [0.2, 0.25) is 6.79 Å². The van der Waals surface area contributed by atoms with E-state index in [0.717, 1.165) is 29.2 Å². The molecular formula is C20H18N2O2. The highest BCUT2D eigenvalue weighted by Crippen LogP contribution is 2.35. The summed E-state index contributed by atoms with van der Waals surface area (Å²) < 4.78 is 10.9. The minimum atomic E-state index is 0.0703. The third-order valence-corrected chi connectivity index (χ3v) is 4.10. The van der Waals surface area contributed by atoms with Crippen LogP contribution in [0, 0.1) is 0 Å². The zero-order valence-electron chi connectivity index (χ0n) is 13.2. The van der Waals surface area contributed by atoms with Crippen LogP contribution in [0.15, 0.2) is 73.1 Å². The lowest BCUT2D eigenvalue weighted by atomic mass is 9.98. The average molecular weight is 318 g/mol. The largest absolute Gasteiger partial charge is 0.454 e. The van der Waals surface area contributed by atoms with Crippen LogP contribution < -0.4 is 14.8 Å². The summed E-state index contributed by atoms with van der Waals surface area (Å²) in [5.74, 6) is 1.61. The Morgan fingerprint density at radius 3 is 2.62 bits per heavy atom. The third-order valence-electron chi connectivity index (χ3n) is 4.10. The van der Waals surface area contributed by atoms with Crippen molar-refractivity contribution >= 4 is 0 Å². The summed E-state index contributed by atoms with van der Waals surface area (Å²) in [7, 11) is 0. The van der Waals surface area contributed by atoms with Crippen molar-refractivity contribution in [3.8, 4) is 11.5 Å². The van der Waals surface area contributed by atoms with Gasteiger partial charge in [-0.25, -0.2) is 0 Å². The van der Waals surface area contributed by atoms with E-state index in [1.807, 2.05) is 24.4 Å². The molecule has 120 valence electrons. The number of benzene rings is 2. The second-order valence-electron chi connectivity index (χ2n) is 5.70. The topological polar surface area (TPSA) is 43.4 Å². The molecular weight excluding hydrogens is 300 g/mol. The fourth-order valence-corrected chi connectivity index (χ4v) is 2.89. The Hall–Kier alpha value is -2.85. The highest BCUT2D eigenvalue weighted by Gasteiger charge is 2.19. The fourth-order valence-electron chi connectivity index (χ4n) is 2.89. The van der Waals surface area contributed by atoms with Crippen molar-refractivity contribution in [2.75, 3.05) is 6.79 Å². The summed E-state index contributed by atoms with van der Waals surface area (Å²) in [4.78, 5) is 4.18. The maximum absolute atomic E-state index is 5.53. The van der Waals surface area contributed by atoms with Crippen LogP contribution in [-0.2, 0) is 6.54 Å². The van der Waals surface area contributed by atoms with E-state index in [4.69, 9.17) is 9.47 Å². The first-order valence-corrected chi connectivity index (χ1v) is 7.97. The zero-order valence-corrected chi connectivity index (χ0v) is 13.2. The first kappa shape index (κ1) is 14.7. The molecule has 0 amide bonds. The van der Waals surface area contributed by atoms with Gasteiger partial charge in [-0.05, 0) is 34.9 Å². The zero-order chi connectivity index (χ0) is 16.2. The molecule has 0 bridgehead atoms. The van der Waals surface area contributed by atoms with Crippen molar-refractivity contribution in [1.82, 2.24) is 10.3 Å². The molecule has 2 heterocycles. The van der Waals surface area contributed by atoms with Gasteiger partial charge in [-0.2, -0.15) is 0 Å². The molecule has 4 heteroatoms. The molecule has 0 aliphatic carbocycles. The Bertz CT molecular complexity index is 806. The van der Waals surface area contributed by atoms with E-state index in [1.54, 1.807) is 6.20 Å². The van der Waals surface area contributed by atoms with E-state index in [-0.39, 0.29) is 12.8 Å². The van der Waals surface area contributed by atoms with E-state index < -0.39 is 0 Å². The number of nitrogens with zero attached hydrogens (tertiary/aromatic N) is 1. The van der Waals surface area contributed by atoms with Gasteiger partial charge in [-0.15, -0.1) is 0 Å². The van der Waals surface area contributed by atoms with E-state index in [9.17, 15) is 0 Å². The number of pyridine rings is 1. The first-order valence-electron chi connectivity index (χ1n) is 7.97. The smallest absolute Gasteiger partial charge is 0.231 e. The lowest BCUT2D eigenvalue weighted by molar-refractivity contribution is 0.174. The number of fused-ring (bicyclic) bond motifs is 1. The van der Waals surface area contributed by atoms with Gasteiger partial charge in [0.1, 0.15) is 0 Å². The van der Waals surface area contributed by atoms with Crippen molar-refractivity contribution in [1.29, 1.82) is 0 Å². The molecule has 0 radical (unpaired) electrons. The molecule has 1 N–H and O–H groups in total. The molecule has 1 atom stereocenters. The lowest BCUT2D eigenvalue weighted by Crippen LogP contribution is -2.22. The molecule has 4 rings (SSSR count). The number of rotatable bonds is 5. The SMILES string of the molecule is c1ccc([C@H](NCc2cccnc2)c2ccc3c(c2)OCO3)cc1. The molecule has 0 fully saturated rings. The summed E-state index contributed by atoms with van der Waals surface area (Å²) in [5.41, 5.74) is 3.51. The highest BCUT2D eigenvalue weighted by atomic mass is 16.7. The molecule has 3 aromatic rings. The number of ether oxygens (including phenoxy) is 2. The van der Waals surface area contributed by atoms with E-state index >= 15 is 0 Å². The average Bonchev–Trinajstić information content (AvgIpc) is 3.12. The maximum atomic E-state index is 5.53. The Kier molecular flexibility index (Phi) is 4.13. The van der Waals surface area contributed by atoms with Crippen LogP contribution in [0.3, 0.4) is 0 Å².